The third-order valence-electron chi connectivity index (χ3n) is 2.84. The lowest BCUT2D eigenvalue weighted by Crippen LogP contribution is -2.32. The molecular weight excluding hydrogens is 254 g/mol. The van der Waals surface area contributed by atoms with E-state index in [1.54, 1.807) is 11.9 Å². The minimum Gasteiger partial charge on any atom is -0.342 e. The lowest BCUT2D eigenvalue weighted by atomic mass is 10.2. The fourth-order valence-corrected chi connectivity index (χ4v) is 1.63. The van der Waals surface area contributed by atoms with Crippen LogP contribution >= 0.6 is 0 Å². The first-order valence-electron chi connectivity index (χ1n) is 6.72. The Balaban J connectivity index is 2.59. The van der Waals surface area contributed by atoms with Crippen molar-refractivity contribution in [2.45, 2.75) is 33.4 Å². The van der Waals surface area contributed by atoms with Gasteiger partial charge in [-0.05, 0) is 17.7 Å². The highest BCUT2D eigenvalue weighted by atomic mass is 16.2. The van der Waals surface area contributed by atoms with Gasteiger partial charge >= 0.3 is 0 Å². The Morgan fingerprint density at radius 3 is 2.60 bits per heavy atom. The van der Waals surface area contributed by atoms with Crippen LogP contribution in [0, 0.1) is 0 Å². The molecule has 0 saturated carbocycles. The van der Waals surface area contributed by atoms with Crippen LogP contribution in [0.5, 0.6) is 0 Å². The molecule has 0 spiro atoms. The largest absolute Gasteiger partial charge is 0.342 e. The molecule has 1 aromatic carbocycles. The van der Waals surface area contributed by atoms with Crippen molar-refractivity contribution >= 4 is 17.5 Å². The molecule has 0 aliphatic carbocycles. The van der Waals surface area contributed by atoms with E-state index in [4.69, 9.17) is 0 Å². The Morgan fingerprint density at radius 1 is 1.30 bits per heavy atom. The molecule has 0 fully saturated rings. The minimum absolute atomic E-state index is 0.0144. The molecule has 0 bridgehead atoms. The van der Waals surface area contributed by atoms with Crippen LogP contribution in [0.1, 0.15) is 26.3 Å². The van der Waals surface area contributed by atoms with Crippen LogP contribution in [-0.2, 0) is 16.1 Å². The summed E-state index contributed by atoms with van der Waals surface area (Å²) >= 11 is 0. The first kappa shape index (κ1) is 16.2. The molecule has 110 valence electrons. The predicted molar refractivity (Wildman–Crippen MR) is 80.4 cm³/mol. The zero-order valence-corrected chi connectivity index (χ0v) is 12.6. The Bertz CT molecular complexity index is 472. The van der Waals surface area contributed by atoms with E-state index in [1.807, 2.05) is 38.1 Å². The molecule has 5 nitrogen and oxygen atoms in total. The van der Waals surface area contributed by atoms with Crippen LogP contribution in [0.15, 0.2) is 24.3 Å². The zero-order valence-electron chi connectivity index (χ0n) is 12.6. The zero-order chi connectivity index (χ0) is 15.1. The summed E-state index contributed by atoms with van der Waals surface area (Å²) in [6.07, 6.45) is 0. The molecule has 1 rings (SSSR count). The number of benzene rings is 1. The SMILES string of the molecule is CC(=O)N(C)Cc1cccc(NC(=O)CNC(C)C)c1. The molecule has 0 radical (unpaired) electrons. The maximum Gasteiger partial charge on any atom is 0.238 e. The molecule has 5 heteroatoms. The smallest absolute Gasteiger partial charge is 0.238 e. The second kappa shape index (κ2) is 7.65. The van der Waals surface area contributed by atoms with E-state index in [0.29, 0.717) is 6.54 Å². The molecule has 1 aromatic rings. The first-order valence-corrected chi connectivity index (χ1v) is 6.72. The summed E-state index contributed by atoms with van der Waals surface area (Å²) in [5, 5.41) is 5.90. The van der Waals surface area contributed by atoms with Gasteiger partial charge in [0.05, 0.1) is 6.54 Å². The maximum atomic E-state index is 11.7. The van der Waals surface area contributed by atoms with Crippen molar-refractivity contribution in [3.63, 3.8) is 0 Å². The van der Waals surface area contributed by atoms with Crippen molar-refractivity contribution in [2.24, 2.45) is 0 Å². The maximum absolute atomic E-state index is 11.7. The molecule has 0 heterocycles. The summed E-state index contributed by atoms with van der Waals surface area (Å²) in [4.78, 5) is 24.6. The summed E-state index contributed by atoms with van der Waals surface area (Å²) < 4.78 is 0. The number of carbonyl (C=O) groups is 2. The van der Waals surface area contributed by atoms with Crippen molar-refractivity contribution < 1.29 is 9.59 Å². The highest BCUT2D eigenvalue weighted by Gasteiger charge is 2.06. The van der Waals surface area contributed by atoms with Gasteiger partial charge in [0.15, 0.2) is 0 Å². The molecule has 0 aliphatic rings. The van der Waals surface area contributed by atoms with Crippen molar-refractivity contribution in [1.29, 1.82) is 0 Å². The van der Waals surface area contributed by atoms with Crippen molar-refractivity contribution in [3.05, 3.63) is 29.8 Å². The normalized spacial score (nSPS) is 10.4. The number of hydrogen-bond donors (Lipinski definition) is 2. The van der Waals surface area contributed by atoms with Crippen molar-refractivity contribution in [1.82, 2.24) is 10.2 Å². The van der Waals surface area contributed by atoms with E-state index in [1.165, 1.54) is 6.92 Å². The fraction of sp³-hybridized carbons (Fsp3) is 0.467. The molecule has 0 saturated heterocycles. The topological polar surface area (TPSA) is 61.4 Å². The number of rotatable bonds is 6. The number of anilines is 1. The average Bonchev–Trinajstić information content (AvgIpc) is 2.36. The Kier molecular flexibility index (Phi) is 6.18. The molecule has 2 N–H and O–H groups in total. The van der Waals surface area contributed by atoms with Crippen LogP contribution in [0.4, 0.5) is 5.69 Å². The second-order valence-corrected chi connectivity index (χ2v) is 5.16. The quantitative estimate of drug-likeness (QED) is 0.830. The Morgan fingerprint density at radius 2 is 2.00 bits per heavy atom. The third-order valence-corrected chi connectivity index (χ3v) is 2.84. The van der Waals surface area contributed by atoms with E-state index >= 15 is 0 Å². The number of amides is 2. The minimum atomic E-state index is -0.0734. The molecule has 20 heavy (non-hydrogen) atoms. The van der Waals surface area contributed by atoms with E-state index < -0.39 is 0 Å². The van der Waals surface area contributed by atoms with Gasteiger partial charge in [0.2, 0.25) is 11.8 Å². The summed E-state index contributed by atoms with van der Waals surface area (Å²) in [5.41, 5.74) is 1.73. The van der Waals surface area contributed by atoms with Crippen LogP contribution in [-0.4, -0.2) is 36.3 Å². The Labute approximate surface area is 120 Å². The molecule has 0 aliphatic heterocycles. The van der Waals surface area contributed by atoms with Crippen molar-refractivity contribution in [2.75, 3.05) is 18.9 Å². The summed E-state index contributed by atoms with van der Waals surface area (Å²) in [5.74, 6) is -0.0589. The lowest BCUT2D eigenvalue weighted by Gasteiger charge is -2.15. The number of hydrogen-bond acceptors (Lipinski definition) is 3. The lowest BCUT2D eigenvalue weighted by molar-refractivity contribution is -0.128. The van der Waals surface area contributed by atoms with E-state index in [0.717, 1.165) is 11.3 Å². The van der Waals surface area contributed by atoms with Gasteiger partial charge < -0.3 is 15.5 Å². The summed E-state index contributed by atoms with van der Waals surface area (Å²) in [6.45, 7) is 6.33. The average molecular weight is 277 g/mol. The fourth-order valence-electron chi connectivity index (χ4n) is 1.63. The molecule has 0 aromatic heterocycles. The van der Waals surface area contributed by atoms with Crippen LogP contribution < -0.4 is 10.6 Å². The summed E-state index contributed by atoms with van der Waals surface area (Å²) in [6, 6.07) is 7.80. The number of nitrogens with one attached hydrogen (secondary N) is 2. The van der Waals surface area contributed by atoms with Crippen LogP contribution in [0.25, 0.3) is 0 Å². The monoisotopic (exact) mass is 277 g/mol. The summed E-state index contributed by atoms with van der Waals surface area (Å²) in [7, 11) is 1.75. The van der Waals surface area contributed by atoms with E-state index in [9.17, 15) is 9.59 Å². The van der Waals surface area contributed by atoms with Gasteiger partial charge in [0.1, 0.15) is 0 Å². The van der Waals surface area contributed by atoms with Crippen molar-refractivity contribution in [3.8, 4) is 0 Å². The molecule has 2 amide bonds. The van der Waals surface area contributed by atoms with E-state index in [-0.39, 0.29) is 24.4 Å². The molecule has 0 atom stereocenters. The van der Waals surface area contributed by atoms with Crippen LogP contribution in [0.3, 0.4) is 0 Å². The van der Waals surface area contributed by atoms with Gasteiger partial charge in [0, 0.05) is 32.2 Å². The van der Waals surface area contributed by atoms with Crippen LogP contribution in [0.2, 0.25) is 0 Å². The first-order chi connectivity index (χ1) is 9.38. The van der Waals surface area contributed by atoms with E-state index in [2.05, 4.69) is 10.6 Å². The van der Waals surface area contributed by atoms with Gasteiger partial charge in [-0.1, -0.05) is 26.0 Å². The van der Waals surface area contributed by atoms with Gasteiger partial charge in [-0.15, -0.1) is 0 Å². The molecule has 0 unspecified atom stereocenters. The third kappa shape index (κ3) is 5.84. The standard InChI is InChI=1S/C15H23N3O2/c1-11(2)16-9-15(20)17-14-7-5-6-13(8-14)10-18(4)12(3)19/h5-8,11,16H,9-10H2,1-4H3,(H,17,20). The highest BCUT2D eigenvalue weighted by Crippen LogP contribution is 2.12. The Hall–Kier alpha value is -1.88. The molecular formula is C15H23N3O2. The van der Waals surface area contributed by atoms with Gasteiger partial charge in [-0.25, -0.2) is 0 Å². The predicted octanol–water partition coefficient (Wildman–Crippen LogP) is 1.60. The second-order valence-electron chi connectivity index (χ2n) is 5.16. The van der Waals surface area contributed by atoms with Gasteiger partial charge in [-0.3, -0.25) is 9.59 Å². The highest BCUT2D eigenvalue weighted by molar-refractivity contribution is 5.92. The van der Waals surface area contributed by atoms with Gasteiger partial charge in [0.25, 0.3) is 0 Å². The van der Waals surface area contributed by atoms with Gasteiger partial charge in [-0.2, -0.15) is 0 Å². The number of nitrogens with zero attached hydrogens (tertiary/aromatic N) is 1. The number of carbonyl (C=O) groups excluding carboxylic acids is 2.